The van der Waals surface area contributed by atoms with Crippen molar-refractivity contribution in [1.29, 1.82) is 0 Å². The highest BCUT2D eigenvalue weighted by Crippen LogP contribution is 2.41. The molecule has 2 aliphatic heterocycles. The van der Waals surface area contributed by atoms with E-state index >= 15 is 0 Å². The zero-order valence-corrected chi connectivity index (χ0v) is 17.9. The average Bonchev–Trinajstić information content (AvgIpc) is 3.07. The second kappa shape index (κ2) is 8.81. The van der Waals surface area contributed by atoms with E-state index in [-0.39, 0.29) is 17.2 Å². The van der Waals surface area contributed by atoms with E-state index in [1.165, 1.54) is 37.4 Å². The Labute approximate surface area is 190 Å². The Morgan fingerprint density at radius 3 is 2.58 bits per heavy atom. The molecule has 1 saturated heterocycles. The number of para-hydroxylation sites is 1. The number of amides is 1. The Bertz CT molecular complexity index is 1170. The van der Waals surface area contributed by atoms with Gasteiger partial charge in [-0.15, -0.1) is 0 Å². The van der Waals surface area contributed by atoms with Crippen molar-refractivity contribution in [3.8, 4) is 17.2 Å². The van der Waals surface area contributed by atoms with Gasteiger partial charge in [-0.05, 0) is 47.7 Å². The summed E-state index contributed by atoms with van der Waals surface area (Å²) in [5.41, 5.74) is -0.352. The standard InChI is InChI=1S/C22H17F3N2O5S/c1-31-17-8-12(6-7-16(17)32-15-5-3-2-4-14(15)22(23,24)25)9-18-19(28)26-21(33-18)27-10-13(11-27)20(29)30/h2-9,13H,10-11H2,1H3,(H,29,30)/b18-9+. The van der Waals surface area contributed by atoms with E-state index < -0.39 is 29.5 Å². The largest absolute Gasteiger partial charge is 0.493 e. The third-order valence-electron chi connectivity index (χ3n) is 5.01. The number of thioether (sulfide) groups is 1. The molecule has 33 heavy (non-hydrogen) atoms. The summed E-state index contributed by atoms with van der Waals surface area (Å²) in [5, 5.41) is 9.43. The fourth-order valence-corrected chi connectivity index (χ4v) is 4.17. The summed E-state index contributed by atoms with van der Waals surface area (Å²) >= 11 is 1.13. The first-order valence-corrected chi connectivity index (χ1v) is 10.5. The fraction of sp³-hybridized carbons (Fsp3) is 0.227. The van der Waals surface area contributed by atoms with Gasteiger partial charge in [-0.2, -0.15) is 18.2 Å². The molecule has 2 heterocycles. The first-order valence-electron chi connectivity index (χ1n) is 9.68. The van der Waals surface area contributed by atoms with Crippen molar-refractivity contribution >= 4 is 34.9 Å². The molecule has 0 unspecified atom stereocenters. The van der Waals surface area contributed by atoms with Crippen LogP contribution in [0.3, 0.4) is 0 Å². The van der Waals surface area contributed by atoms with Crippen LogP contribution in [-0.2, 0) is 15.8 Å². The molecule has 0 aliphatic carbocycles. The lowest BCUT2D eigenvalue weighted by Crippen LogP contribution is -2.51. The highest BCUT2D eigenvalue weighted by atomic mass is 32.2. The minimum absolute atomic E-state index is 0.0824. The normalized spacial score (nSPS) is 17.7. The summed E-state index contributed by atoms with van der Waals surface area (Å²) < 4.78 is 50.5. The number of hydrogen-bond acceptors (Lipinski definition) is 6. The number of carboxylic acids is 1. The quantitative estimate of drug-likeness (QED) is 0.634. The minimum atomic E-state index is -4.58. The van der Waals surface area contributed by atoms with Crippen LogP contribution >= 0.6 is 11.8 Å². The zero-order chi connectivity index (χ0) is 23.8. The maximum absolute atomic E-state index is 13.2. The summed E-state index contributed by atoms with van der Waals surface area (Å²) in [5.74, 6) is -1.90. The Hall–Kier alpha value is -3.47. The summed E-state index contributed by atoms with van der Waals surface area (Å²) in [4.78, 5) is 29.2. The summed E-state index contributed by atoms with van der Waals surface area (Å²) in [6.07, 6.45) is -3.00. The Kier molecular flexibility index (Phi) is 6.07. The van der Waals surface area contributed by atoms with Crippen molar-refractivity contribution in [2.75, 3.05) is 20.2 Å². The number of aliphatic carboxylic acids is 1. The molecular formula is C22H17F3N2O5S. The first kappa shape index (κ1) is 22.7. The number of nitrogens with zero attached hydrogens (tertiary/aromatic N) is 2. The summed E-state index contributed by atoms with van der Waals surface area (Å²) in [6, 6.07) is 9.43. The van der Waals surface area contributed by atoms with Gasteiger partial charge in [0.25, 0.3) is 5.91 Å². The molecule has 7 nitrogen and oxygen atoms in total. The molecule has 4 rings (SSSR count). The van der Waals surface area contributed by atoms with Gasteiger partial charge in [-0.25, -0.2) is 0 Å². The molecule has 11 heteroatoms. The van der Waals surface area contributed by atoms with E-state index in [1.807, 2.05) is 0 Å². The van der Waals surface area contributed by atoms with Crippen LogP contribution < -0.4 is 9.47 Å². The van der Waals surface area contributed by atoms with Crippen molar-refractivity contribution in [3.05, 3.63) is 58.5 Å². The SMILES string of the molecule is COc1cc(/C=C2/SC(N3CC(C(=O)O)C3)=NC2=O)ccc1Oc1ccccc1C(F)(F)F. The first-order chi connectivity index (χ1) is 15.7. The number of amidine groups is 1. The molecule has 0 aromatic heterocycles. The molecule has 0 atom stereocenters. The maximum atomic E-state index is 13.2. The predicted molar refractivity (Wildman–Crippen MR) is 115 cm³/mol. The van der Waals surface area contributed by atoms with E-state index in [4.69, 9.17) is 14.6 Å². The van der Waals surface area contributed by atoms with Crippen LogP contribution in [0.25, 0.3) is 6.08 Å². The number of likely N-dealkylation sites (tertiary alicyclic amines) is 1. The highest BCUT2D eigenvalue weighted by Gasteiger charge is 2.38. The number of halogens is 3. The molecule has 0 spiro atoms. The fourth-order valence-electron chi connectivity index (χ4n) is 3.24. The zero-order valence-electron chi connectivity index (χ0n) is 17.1. The molecule has 1 fully saturated rings. The number of methoxy groups -OCH3 is 1. The Morgan fingerprint density at radius 2 is 1.91 bits per heavy atom. The van der Waals surface area contributed by atoms with Crippen LogP contribution in [0.1, 0.15) is 11.1 Å². The second-order valence-electron chi connectivity index (χ2n) is 7.26. The average molecular weight is 478 g/mol. The number of carbonyl (C=O) groups excluding carboxylic acids is 1. The maximum Gasteiger partial charge on any atom is 0.419 e. The number of aliphatic imine (C=N–C) groups is 1. The number of hydrogen-bond donors (Lipinski definition) is 1. The topological polar surface area (TPSA) is 88.4 Å². The summed E-state index contributed by atoms with van der Waals surface area (Å²) in [7, 11) is 1.36. The molecule has 2 aromatic rings. The van der Waals surface area contributed by atoms with Crippen molar-refractivity contribution in [3.63, 3.8) is 0 Å². The Balaban J connectivity index is 1.51. The van der Waals surface area contributed by atoms with Gasteiger partial charge >= 0.3 is 12.1 Å². The summed E-state index contributed by atoms with van der Waals surface area (Å²) in [6.45, 7) is 0.585. The number of carbonyl (C=O) groups is 2. The van der Waals surface area contributed by atoms with Crippen molar-refractivity contribution in [2.24, 2.45) is 10.9 Å². The van der Waals surface area contributed by atoms with E-state index in [0.29, 0.717) is 28.7 Å². The van der Waals surface area contributed by atoms with Crippen LogP contribution in [0.15, 0.2) is 52.4 Å². The number of ether oxygens (including phenoxy) is 2. The van der Waals surface area contributed by atoms with E-state index in [9.17, 15) is 22.8 Å². The molecule has 0 bridgehead atoms. The van der Waals surface area contributed by atoms with Crippen molar-refractivity contribution in [1.82, 2.24) is 4.90 Å². The van der Waals surface area contributed by atoms with Gasteiger partial charge in [0.05, 0.1) is 23.5 Å². The van der Waals surface area contributed by atoms with E-state index in [2.05, 4.69) is 4.99 Å². The minimum Gasteiger partial charge on any atom is -0.493 e. The van der Waals surface area contributed by atoms with Gasteiger partial charge in [-0.3, -0.25) is 9.59 Å². The third-order valence-corrected chi connectivity index (χ3v) is 6.05. The molecule has 2 aromatic carbocycles. The monoisotopic (exact) mass is 478 g/mol. The lowest BCUT2D eigenvalue weighted by Gasteiger charge is -2.37. The Morgan fingerprint density at radius 1 is 1.18 bits per heavy atom. The molecule has 2 aliphatic rings. The number of rotatable bonds is 5. The molecule has 1 amide bonds. The van der Waals surface area contributed by atoms with Crippen LogP contribution in [0.4, 0.5) is 13.2 Å². The number of carboxylic acid groups (broad SMARTS) is 1. The molecule has 0 radical (unpaired) electrons. The van der Waals surface area contributed by atoms with Crippen molar-refractivity contribution < 1.29 is 37.3 Å². The smallest absolute Gasteiger partial charge is 0.419 e. The second-order valence-corrected chi connectivity index (χ2v) is 8.27. The van der Waals surface area contributed by atoms with Gasteiger partial charge < -0.3 is 19.5 Å². The van der Waals surface area contributed by atoms with E-state index in [1.54, 1.807) is 17.0 Å². The van der Waals surface area contributed by atoms with Crippen molar-refractivity contribution in [2.45, 2.75) is 6.18 Å². The predicted octanol–water partition coefficient (Wildman–Crippen LogP) is 4.49. The lowest BCUT2D eigenvalue weighted by molar-refractivity contribution is -0.145. The van der Waals surface area contributed by atoms with Crippen LogP contribution in [0.5, 0.6) is 17.2 Å². The molecular weight excluding hydrogens is 461 g/mol. The van der Waals surface area contributed by atoms with Gasteiger partial charge in [-0.1, -0.05) is 18.2 Å². The van der Waals surface area contributed by atoms with Crippen LogP contribution in [0.2, 0.25) is 0 Å². The molecule has 0 saturated carbocycles. The molecule has 1 N–H and O–H groups in total. The van der Waals surface area contributed by atoms with Gasteiger partial charge in [0.15, 0.2) is 16.7 Å². The van der Waals surface area contributed by atoms with Crippen LogP contribution in [0, 0.1) is 5.92 Å². The highest BCUT2D eigenvalue weighted by molar-refractivity contribution is 8.18. The lowest BCUT2D eigenvalue weighted by atomic mass is 10.0. The van der Waals surface area contributed by atoms with Gasteiger partial charge in [0.2, 0.25) is 0 Å². The van der Waals surface area contributed by atoms with Gasteiger partial charge in [0.1, 0.15) is 5.75 Å². The van der Waals surface area contributed by atoms with Crippen LogP contribution in [-0.4, -0.2) is 47.2 Å². The molecule has 172 valence electrons. The number of benzene rings is 2. The number of alkyl halides is 3. The van der Waals surface area contributed by atoms with E-state index in [0.717, 1.165) is 17.8 Å². The third kappa shape index (κ3) is 4.82. The van der Waals surface area contributed by atoms with Gasteiger partial charge in [0, 0.05) is 13.1 Å².